The summed E-state index contributed by atoms with van der Waals surface area (Å²) in [5, 5.41) is 0. The van der Waals surface area contributed by atoms with Crippen molar-refractivity contribution in [2.75, 3.05) is 10.5 Å². The summed E-state index contributed by atoms with van der Waals surface area (Å²) in [6.45, 7) is 0. The molecule has 9 heteroatoms. The summed E-state index contributed by atoms with van der Waals surface area (Å²) in [7, 11) is -3.95. The zero-order valence-electron chi connectivity index (χ0n) is 9.04. The molecule has 0 bridgehead atoms. The molecule has 1 N–H and O–H groups in total. The Hall–Kier alpha value is -1.38. The Balaban J connectivity index is 2.55. The number of sulfonamides is 1. The molecule has 0 unspecified atom stereocenters. The molecule has 0 aliphatic carbocycles. The second kappa shape index (κ2) is 5.51. The number of nitrogens with zero attached hydrogens (tertiary/aromatic N) is 1. The third-order valence-corrected chi connectivity index (χ3v) is 3.19. The standard InChI is InChI=1S/C9H10F4N2O2S/c10-7-3-1-4-8(14-7)15-18(16,17)6-2-5-9(11,12)13/h1,3-4H,2,5-6H2,(H,14,15). The summed E-state index contributed by atoms with van der Waals surface area (Å²) in [6, 6.07) is 3.45. The fourth-order valence-corrected chi connectivity index (χ4v) is 2.20. The molecule has 1 rings (SSSR count). The molecular weight excluding hydrogens is 276 g/mol. The van der Waals surface area contributed by atoms with Crippen molar-refractivity contribution in [3.63, 3.8) is 0 Å². The van der Waals surface area contributed by atoms with E-state index in [0.717, 1.165) is 6.07 Å². The van der Waals surface area contributed by atoms with Gasteiger partial charge in [-0.2, -0.15) is 17.6 Å². The topological polar surface area (TPSA) is 59.1 Å². The first-order chi connectivity index (χ1) is 8.18. The van der Waals surface area contributed by atoms with Crippen LogP contribution in [0.15, 0.2) is 18.2 Å². The van der Waals surface area contributed by atoms with Gasteiger partial charge in [0.2, 0.25) is 16.0 Å². The summed E-state index contributed by atoms with van der Waals surface area (Å²) in [5.41, 5.74) is 0. The van der Waals surface area contributed by atoms with Crippen molar-refractivity contribution in [1.29, 1.82) is 0 Å². The maximum absolute atomic E-state index is 12.7. The van der Waals surface area contributed by atoms with Crippen LogP contribution >= 0.6 is 0 Å². The second-order valence-electron chi connectivity index (χ2n) is 3.49. The predicted octanol–water partition coefficient (Wildman–Crippen LogP) is 2.30. The number of hydrogen-bond donors (Lipinski definition) is 1. The van der Waals surface area contributed by atoms with Gasteiger partial charge >= 0.3 is 6.18 Å². The number of alkyl halides is 3. The van der Waals surface area contributed by atoms with Crippen LogP contribution in [0.2, 0.25) is 0 Å². The largest absolute Gasteiger partial charge is 0.389 e. The van der Waals surface area contributed by atoms with Gasteiger partial charge in [-0.3, -0.25) is 4.72 Å². The molecule has 0 radical (unpaired) electrons. The van der Waals surface area contributed by atoms with Gasteiger partial charge in [-0.15, -0.1) is 0 Å². The average Bonchev–Trinajstić information content (AvgIpc) is 2.13. The first-order valence-electron chi connectivity index (χ1n) is 4.88. The van der Waals surface area contributed by atoms with E-state index < -0.39 is 40.7 Å². The van der Waals surface area contributed by atoms with Gasteiger partial charge in [0.25, 0.3) is 0 Å². The molecule has 0 amide bonds. The molecule has 0 saturated carbocycles. The van der Waals surface area contributed by atoms with E-state index in [1.807, 2.05) is 4.72 Å². The number of halogens is 4. The number of pyridine rings is 1. The molecule has 0 saturated heterocycles. The van der Waals surface area contributed by atoms with Gasteiger partial charge in [-0.1, -0.05) is 6.07 Å². The van der Waals surface area contributed by atoms with Crippen LogP contribution in [0.3, 0.4) is 0 Å². The highest BCUT2D eigenvalue weighted by Crippen LogP contribution is 2.21. The summed E-state index contributed by atoms with van der Waals surface area (Å²) in [6.07, 6.45) is -6.15. The van der Waals surface area contributed by atoms with E-state index in [4.69, 9.17) is 0 Å². The summed E-state index contributed by atoms with van der Waals surface area (Å²) in [5.74, 6) is -1.85. The van der Waals surface area contributed by atoms with Crippen molar-refractivity contribution >= 4 is 15.8 Å². The fourth-order valence-electron chi connectivity index (χ4n) is 1.14. The lowest BCUT2D eigenvalue weighted by atomic mass is 10.3. The van der Waals surface area contributed by atoms with Gasteiger partial charge < -0.3 is 0 Å². The van der Waals surface area contributed by atoms with Crippen molar-refractivity contribution < 1.29 is 26.0 Å². The minimum Gasteiger partial charge on any atom is -0.267 e. The zero-order chi connectivity index (χ0) is 13.8. The molecule has 0 aliphatic rings. The molecule has 0 atom stereocenters. The van der Waals surface area contributed by atoms with E-state index >= 15 is 0 Å². The Kier molecular flexibility index (Phi) is 4.49. The van der Waals surface area contributed by atoms with Crippen LogP contribution in [0.4, 0.5) is 23.4 Å². The van der Waals surface area contributed by atoms with Crippen LogP contribution in [-0.4, -0.2) is 25.3 Å². The Morgan fingerprint density at radius 3 is 2.50 bits per heavy atom. The number of anilines is 1. The first-order valence-corrected chi connectivity index (χ1v) is 6.53. The molecular formula is C9H10F4N2O2S. The third kappa shape index (κ3) is 5.80. The number of aromatic nitrogens is 1. The van der Waals surface area contributed by atoms with E-state index in [1.165, 1.54) is 12.1 Å². The number of nitrogens with one attached hydrogen (secondary N) is 1. The predicted molar refractivity (Wildman–Crippen MR) is 56.9 cm³/mol. The van der Waals surface area contributed by atoms with Crippen LogP contribution in [-0.2, 0) is 10.0 Å². The monoisotopic (exact) mass is 286 g/mol. The molecule has 1 aromatic heterocycles. The molecule has 102 valence electrons. The lowest BCUT2D eigenvalue weighted by molar-refractivity contribution is -0.134. The Morgan fingerprint density at radius 1 is 1.28 bits per heavy atom. The highest BCUT2D eigenvalue weighted by molar-refractivity contribution is 7.92. The lowest BCUT2D eigenvalue weighted by Crippen LogP contribution is -2.19. The zero-order valence-corrected chi connectivity index (χ0v) is 9.85. The molecule has 0 fully saturated rings. The molecule has 1 heterocycles. The van der Waals surface area contributed by atoms with Gasteiger partial charge in [0.15, 0.2) is 0 Å². The molecule has 0 aliphatic heterocycles. The van der Waals surface area contributed by atoms with Crippen molar-refractivity contribution in [1.82, 2.24) is 4.98 Å². The summed E-state index contributed by atoms with van der Waals surface area (Å²) >= 11 is 0. The van der Waals surface area contributed by atoms with Gasteiger partial charge in [0, 0.05) is 6.42 Å². The average molecular weight is 286 g/mol. The highest BCUT2D eigenvalue weighted by atomic mass is 32.2. The third-order valence-electron chi connectivity index (χ3n) is 1.85. The fraction of sp³-hybridized carbons (Fsp3) is 0.444. The molecule has 1 aromatic rings. The van der Waals surface area contributed by atoms with Crippen molar-refractivity contribution in [2.45, 2.75) is 19.0 Å². The summed E-state index contributed by atoms with van der Waals surface area (Å²) in [4.78, 5) is 3.24. The number of rotatable bonds is 5. The van der Waals surface area contributed by atoms with E-state index in [0.29, 0.717) is 0 Å². The quantitative estimate of drug-likeness (QED) is 0.667. The van der Waals surface area contributed by atoms with Gasteiger partial charge in [0.1, 0.15) is 5.82 Å². The van der Waals surface area contributed by atoms with Crippen LogP contribution in [0.5, 0.6) is 0 Å². The van der Waals surface area contributed by atoms with Crippen LogP contribution in [0, 0.1) is 5.95 Å². The molecule has 18 heavy (non-hydrogen) atoms. The maximum atomic E-state index is 12.7. The Labute approximate surface area is 101 Å². The Bertz CT molecular complexity index is 502. The van der Waals surface area contributed by atoms with E-state index in [2.05, 4.69) is 4.98 Å². The van der Waals surface area contributed by atoms with E-state index in [-0.39, 0.29) is 5.82 Å². The Morgan fingerprint density at radius 2 is 1.94 bits per heavy atom. The maximum Gasteiger partial charge on any atom is 0.389 e. The van der Waals surface area contributed by atoms with Crippen molar-refractivity contribution in [2.24, 2.45) is 0 Å². The van der Waals surface area contributed by atoms with Gasteiger partial charge in [0.05, 0.1) is 5.75 Å². The highest BCUT2D eigenvalue weighted by Gasteiger charge is 2.27. The smallest absolute Gasteiger partial charge is 0.267 e. The lowest BCUT2D eigenvalue weighted by Gasteiger charge is -2.08. The van der Waals surface area contributed by atoms with Crippen molar-refractivity contribution in [3.8, 4) is 0 Å². The minimum atomic E-state index is -4.40. The second-order valence-corrected chi connectivity index (χ2v) is 5.33. The SMILES string of the molecule is O=S(=O)(CCCC(F)(F)F)Nc1cccc(F)n1. The first kappa shape index (κ1) is 14.7. The van der Waals surface area contributed by atoms with Crippen molar-refractivity contribution in [3.05, 3.63) is 24.1 Å². The molecule has 0 spiro atoms. The molecule has 0 aromatic carbocycles. The summed E-state index contributed by atoms with van der Waals surface area (Å²) < 4.78 is 72.8. The molecule has 4 nitrogen and oxygen atoms in total. The van der Waals surface area contributed by atoms with Gasteiger partial charge in [-0.25, -0.2) is 13.4 Å². The van der Waals surface area contributed by atoms with E-state index in [9.17, 15) is 26.0 Å². The minimum absolute atomic E-state index is 0.262. The number of hydrogen-bond acceptors (Lipinski definition) is 3. The van der Waals surface area contributed by atoms with Gasteiger partial charge in [-0.05, 0) is 18.6 Å². The van der Waals surface area contributed by atoms with E-state index in [1.54, 1.807) is 0 Å². The van der Waals surface area contributed by atoms with Crippen LogP contribution in [0.25, 0.3) is 0 Å². The van der Waals surface area contributed by atoms with Crippen LogP contribution in [0.1, 0.15) is 12.8 Å². The normalized spacial score (nSPS) is 12.4. The van der Waals surface area contributed by atoms with Crippen LogP contribution < -0.4 is 4.72 Å².